The maximum atomic E-state index is 9.87. The zero-order chi connectivity index (χ0) is 12.3. The van der Waals surface area contributed by atoms with Crippen molar-refractivity contribution in [3.05, 3.63) is 29.8 Å². The summed E-state index contributed by atoms with van der Waals surface area (Å²) in [6.07, 6.45) is 0. The highest BCUT2D eigenvalue weighted by Gasteiger charge is 2.22. The highest BCUT2D eigenvalue weighted by Crippen LogP contribution is 2.30. The molecule has 16 heavy (non-hydrogen) atoms. The third kappa shape index (κ3) is 2.76. The zero-order valence-corrected chi connectivity index (χ0v) is 10.9. The van der Waals surface area contributed by atoms with Crippen LogP contribution in [0.5, 0.6) is 5.75 Å². The van der Waals surface area contributed by atoms with Crippen LogP contribution < -0.4 is 0 Å². The van der Waals surface area contributed by atoms with Crippen molar-refractivity contribution in [2.75, 3.05) is 0 Å². The number of benzene rings is 1. The van der Waals surface area contributed by atoms with Crippen LogP contribution >= 0.6 is 0 Å². The number of rotatable bonds is 4. The number of hydrogen-bond acceptors (Lipinski definition) is 2. The fourth-order valence-corrected chi connectivity index (χ4v) is 2.49. The van der Waals surface area contributed by atoms with Gasteiger partial charge in [-0.15, -0.1) is 0 Å². The summed E-state index contributed by atoms with van der Waals surface area (Å²) in [5, 5.41) is 9.87. The van der Waals surface area contributed by atoms with Crippen LogP contribution in [0.25, 0.3) is 0 Å². The molecule has 0 aliphatic rings. The zero-order valence-electron chi connectivity index (χ0n) is 10.9. The lowest BCUT2D eigenvalue weighted by molar-refractivity contribution is 0.121. The second-order valence-electron chi connectivity index (χ2n) is 4.87. The van der Waals surface area contributed by atoms with Crippen LogP contribution in [-0.2, 0) is 0 Å². The molecule has 0 amide bonds. The summed E-state index contributed by atoms with van der Waals surface area (Å²) in [5.74, 6) is 0.390. The van der Waals surface area contributed by atoms with E-state index >= 15 is 0 Å². The summed E-state index contributed by atoms with van der Waals surface area (Å²) in [6.45, 7) is 10.9. The Hall–Kier alpha value is -1.02. The van der Waals surface area contributed by atoms with Gasteiger partial charge in [-0.1, -0.05) is 18.2 Å². The third-order valence-corrected chi connectivity index (χ3v) is 3.03. The normalized spacial score (nSPS) is 13.8. The van der Waals surface area contributed by atoms with E-state index in [0.29, 0.717) is 17.8 Å². The Kier molecular flexibility index (Phi) is 4.36. The van der Waals surface area contributed by atoms with Crippen molar-refractivity contribution in [1.82, 2.24) is 4.90 Å². The Labute approximate surface area is 98.9 Å². The Bertz CT molecular complexity index is 325. The standard InChI is InChI=1S/C14H23NO/c1-10(2)15(11(3)4)12(5)13-8-6-7-9-14(13)16/h6-12,16H,1-5H3. The molecule has 1 atom stereocenters. The van der Waals surface area contributed by atoms with Crippen molar-refractivity contribution in [1.29, 1.82) is 0 Å². The largest absolute Gasteiger partial charge is 0.508 e. The van der Waals surface area contributed by atoms with Gasteiger partial charge in [0.15, 0.2) is 0 Å². The Morgan fingerprint density at radius 2 is 1.44 bits per heavy atom. The monoisotopic (exact) mass is 221 g/mol. The number of phenolic OH excluding ortho intramolecular Hbond substituents is 1. The van der Waals surface area contributed by atoms with E-state index in [1.54, 1.807) is 6.07 Å². The van der Waals surface area contributed by atoms with E-state index in [1.807, 2.05) is 18.2 Å². The fraction of sp³-hybridized carbons (Fsp3) is 0.571. The molecule has 1 unspecified atom stereocenters. The van der Waals surface area contributed by atoms with Crippen molar-refractivity contribution in [3.63, 3.8) is 0 Å². The Balaban J connectivity index is 2.99. The molecular formula is C14H23NO. The number of para-hydroxylation sites is 1. The predicted molar refractivity (Wildman–Crippen MR) is 68.6 cm³/mol. The minimum Gasteiger partial charge on any atom is -0.508 e. The molecule has 0 aliphatic carbocycles. The molecule has 1 rings (SSSR count). The average molecular weight is 221 g/mol. The smallest absolute Gasteiger partial charge is 0.120 e. The van der Waals surface area contributed by atoms with Crippen molar-refractivity contribution in [2.45, 2.75) is 52.7 Å². The van der Waals surface area contributed by atoms with E-state index in [1.165, 1.54) is 0 Å². The first-order chi connectivity index (χ1) is 7.45. The maximum absolute atomic E-state index is 9.87. The van der Waals surface area contributed by atoms with Gasteiger partial charge in [-0.3, -0.25) is 4.90 Å². The van der Waals surface area contributed by atoms with E-state index in [0.717, 1.165) is 5.56 Å². The van der Waals surface area contributed by atoms with Gasteiger partial charge in [0, 0.05) is 23.7 Å². The molecule has 90 valence electrons. The van der Waals surface area contributed by atoms with E-state index in [4.69, 9.17) is 0 Å². The van der Waals surface area contributed by atoms with Crippen LogP contribution in [0.4, 0.5) is 0 Å². The van der Waals surface area contributed by atoms with Crippen molar-refractivity contribution in [2.24, 2.45) is 0 Å². The van der Waals surface area contributed by atoms with Crippen molar-refractivity contribution >= 4 is 0 Å². The molecule has 0 heterocycles. The van der Waals surface area contributed by atoms with Gasteiger partial charge in [0.25, 0.3) is 0 Å². The molecule has 2 heteroatoms. The topological polar surface area (TPSA) is 23.5 Å². The van der Waals surface area contributed by atoms with Crippen LogP contribution in [0.2, 0.25) is 0 Å². The van der Waals surface area contributed by atoms with E-state index in [9.17, 15) is 5.11 Å². The van der Waals surface area contributed by atoms with Gasteiger partial charge in [0.2, 0.25) is 0 Å². The first-order valence-corrected chi connectivity index (χ1v) is 6.00. The average Bonchev–Trinajstić information content (AvgIpc) is 2.16. The molecule has 0 radical (unpaired) electrons. The number of aromatic hydroxyl groups is 1. The van der Waals surface area contributed by atoms with Crippen molar-refractivity contribution in [3.8, 4) is 5.75 Å². The lowest BCUT2D eigenvalue weighted by Crippen LogP contribution is -2.39. The van der Waals surface area contributed by atoms with Gasteiger partial charge < -0.3 is 5.11 Å². The van der Waals surface area contributed by atoms with Crippen LogP contribution in [-0.4, -0.2) is 22.1 Å². The molecule has 1 aromatic rings. The SMILES string of the molecule is CC(C)N(C(C)C)C(C)c1ccccc1O. The van der Waals surface area contributed by atoms with E-state index in [-0.39, 0.29) is 6.04 Å². The lowest BCUT2D eigenvalue weighted by Gasteiger charge is -2.36. The van der Waals surface area contributed by atoms with E-state index < -0.39 is 0 Å². The van der Waals surface area contributed by atoms with Gasteiger partial charge in [-0.2, -0.15) is 0 Å². The van der Waals surface area contributed by atoms with Gasteiger partial charge in [0.1, 0.15) is 5.75 Å². The first kappa shape index (κ1) is 13.0. The molecule has 0 saturated heterocycles. The summed E-state index contributed by atoms with van der Waals surface area (Å²) in [5.41, 5.74) is 1.00. The van der Waals surface area contributed by atoms with Gasteiger partial charge >= 0.3 is 0 Å². The molecule has 0 bridgehead atoms. The Morgan fingerprint density at radius 1 is 0.938 bits per heavy atom. The second-order valence-corrected chi connectivity index (χ2v) is 4.87. The fourth-order valence-electron chi connectivity index (χ4n) is 2.49. The molecule has 0 aliphatic heterocycles. The molecule has 0 aromatic heterocycles. The summed E-state index contributed by atoms with van der Waals surface area (Å²) < 4.78 is 0. The molecule has 2 nitrogen and oxygen atoms in total. The maximum Gasteiger partial charge on any atom is 0.120 e. The summed E-state index contributed by atoms with van der Waals surface area (Å²) >= 11 is 0. The summed E-state index contributed by atoms with van der Waals surface area (Å²) in [7, 11) is 0. The molecular weight excluding hydrogens is 198 g/mol. The molecule has 0 saturated carbocycles. The molecule has 1 aromatic carbocycles. The van der Waals surface area contributed by atoms with Gasteiger partial charge in [-0.25, -0.2) is 0 Å². The van der Waals surface area contributed by atoms with Crippen LogP contribution in [0, 0.1) is 0 Å². The Morgan fingerprint density at radius 3 is 1.88 bits per heavy atom. The molecule has 0 fully saturated rings. The predicted octanol–water partition coefficient (Wildman–Crippen LogP) is 3.57. The molecule has 0 spiro atoms. The highest BCUT2D eigenvalue weighted by molar-refractivity contribution is 5.34. The minimum atomic E-state index is 0.237. The number of phenols is 1. The van der Waals surface area contributed by atoms with Crippen molar-refractivity contribution < 1.29 is 5.11 Å². The first-order valence-electron chi connectivity index (χ1n) is 6.00. The number of hydrogen-bond donors (Lipinski definition) is 1. The van der Waals surface area contributed by atoms with Crippen LogP contribution in [0.1, 0.15) is 46.2 Å². The second kappa shape index (κ2) is 5.35. The molecule has 1 N–H and O–H groups in total. The van der Waals surface area contributed by atoms with Gasteiger partial charge in [-0.05, 0) is 40.7 Å². The third-order valence-electron chi connectivity index (χ3n) is 3.03. The van der Waals surface area contributed by atoms with Crippen LogP contribution in [0.15, 0.2) is 24.3 Å². The number of nitrogens with zero attached hydrogens (tertiary/aromatic N) is 1. The minimum absolute atomic E-state index is 0.237. The lowest BCUT2D eigenvalue weighted by atomic mass is 10.0. The van der Waals surface area contributed by atoms with Gasteiger partial charge in [0.05, 0.1) is 0 Å². The van der Waals surface area contributed by atoms with E-state index in [2.05, 4.69) is 39.5 Å². The highest BCUT2D eigenvalue weighted by atomic mass is 16.3. The van der Waals surface area contributed by atoms with Crippen LogP contribution in [0.3, 0.4) is 0 Å². The summed E-state index contributed by atoms with van der Waals surface area (Å²) in [4.78, 5) is 2.40. The quantitative estimate of drug-likeness (QED) is 0.840. The summed E-state index contributed by atoms with van der Waals surface area (Å²) in [6, 6.07) is 8.76.